The fourth-order valence-corrected chi connectivity index (χ4v) is 0.896. The Hall–Kier alpha value is -0.120. The van der Waals surface area contributed by atoms with Gasteiger partial charge in [0, 0.05) is 0 Å². The molecule has 0 unspecified atom stereocenters. The maximum atomic E-state index is 9.72. The first-order chi connectivity index (χ1) is 7.22. The second-order valence-corrected chi connectivity index (χ2v) is 5.50. The molecule has 0 aromatic carbocycles. The average molecular weight is 232 g/mol. The zero-order valence-electron chi connectivity index (χ0n) is 11.7. The molecular formula is C13H28O3. The molecule has 0 aromatic rings. The maximum Gasteiger partial charge on any atom is 0.101 e. The molecule has 0 bridgehead atoms. The summed E-state index contributed by atoms with van der Waals surface area (Å²) in [4.78, 5) is 0. The molecule has 0 fully saturated rings. The highest BCUT2D eigenvalue weighted by molar-refractivity contribution is 4.69. The molecule has 0 spiro atoms. The standard InChI is InChI=1S/C13H28O3/c1-7-12(3,4)15-9-11(14)10-16-13(5,6)8-2/h11,14H,7-10H2,1-6H3. The Morgan fingerprint density at radius 3 is 1.44 bits per heavy atom. The van der Waals surface area contributed by atoms with Gasteiger partial charge in [0.2, 0.25) is 0 Å². The third-order valence-electron chi connectivity index (χ3n) is 3.04. The monoisotopic (exact) mass is 232 g/mol. The zero-order chi connectivity index (χ0) is 12.8. The number of rotatable bonds is 8. The van der Waals surface area contributed by atoms with E-state index in [0.717, 1.165) is 12.8 Å². The predicted molar refractivity (Wildman–Crippen MR) is 66.7 cm³/mol. The molecule has 0 atom stereocenters. The summed E-state index contributed by atoms with van der Waals surface area (Å²) in [7, 11) is 0. The van der Waals surface area contributed by atoms with Crippen LogP contribution in [0.1, 0.15) is 54.4 Å². The van der Waals surface area contributed by atoms with Gasteiger partial charge >= 0.3 is 0 Å². The van der Waals surface area contributed by atoms with Crippen LogP contribution in [0, 0.1) is 0 Å². The normalized spacial score (nSPS) is 13.5. The van der Waals surface area contributed by atoms with Gasteiger partial charge in [-0.1, -0.05) is 13.8 Å². The highest BCUT2D eigenvalue weighted by Gasteiger charge is 2.20. The SMILES string of the molecule is CCC(C)(C)OCC(O)COC(C)(C)CC. The molecule has 1 N–H and O–H groups in total. The highest BCUT2D eigenvalue weighted by atomic mass is 16.5. The summed E-state index contributed by atoms with van der Waals surface area (Å²) in [6.07, 6.45) is 1.32. The van der Waals surface area contributed by atoms with Gasteiger partial charge in [0.05, 0.1) is 24.4 Å². The first-order valence-corrected chi connectivity index (χ1v) is 6.18. The molecule has 16 heavy (non-hydrogen) atoms. The van der Waals surface area contributed by atoms with E-state index >= 15 is 0 Å². The molecule has 3 nitrogen and oxygen atoms in total. The number of hydrogen-bond acceptors (Lipinski definition) is 3. The van der Waals surface area contributed by atoms with Gasteiger partial charge in [0.15, 0.2) is 0 Å². The van der Waals surface area contributed by atoms with Crippen LogP contribution in [0.4, 0.5) is 0 Å². The van der Waals surface area contributed by atoms with E-state index in [1.165, 1.54) is 0 Å². The molecular weight excluding hydrogens is 204 g/mol. The predicted octanol–water partition coefficient (Wildman–Crippen LogP) is 2.76. The molecule has 0 aliphatic carbocycles. The van der Waals surface area contributed by atoms with Crippen molar-refractivity contribution in [2.24, 2.45) is 0 Å². The van der Waals surface area contributed by atoms with Gasteiger partial charge in [-0.05, 0) is 40.5 Å². The fourth-order valence-electron chi connectivity index (χ4n) is 0.896. The molecule has 3 heteroatoms. The molecule has 0 amide bonds. The van der Waals surface area contributed by atoms with Crippen LogP contribution < -0.4 is 0 Å². The lowest BCUT2D eigenvalue weighted by Crippen LogP contribution is -2.34. The van der Waals surface area contributed by atoms with Crippen LogP contribution in [0.25, 0.3) is 0 Å². The van der Waals surface area contributed by atoms with E-state index in [9.17, 15) is 5.11 Å². The molecule has 0 radical (unpaired) electrons. The number of aliphatic hydroxyl groups is 1. The van der Waals surface area contributed by atoms with Crippen molar-refractivity contribution in [3.8, 4) is 0 Å². The molecule has 0 aliphatic heterocycles. The maximum absolute atomic E-state index is 9.72. The summed E-state index contributed by atoms with van der Waals surface area (Å²) in [6, 6.07) is 0. The van der Waals surface area contributed by atoms with E-state index in [0.29, 0.717) is 13.2 Å². The fraction of sp³-hybridized carbons (Fsp3) is 1.00. The molecule has 0 saturated heterocycles. The van der Waals surface area contributed by atoms with Gasteiger partial charge in [-0.25, -0.2) is 0 Å². The van der Waals surface area contributed by atoms with E-state index in [-0.39, 0.29) is 11.2 Å². The lowest BCUT2D eigenvalue weighted by molar-refractivity contribution is -0.107. The molecule has 98 valence electrons. The van der Waals surface area contributed by atoms with E-state index < -0.39 is 6.10 Å². The summed E-state index contributed by atoms with van der Waals surface area (Å²) in [5.41, 5.74) is -0.331. The Morgan fingerprint density at radius 1 is 0.875 bits per heavy atom. The van der Waals surface area contributed by atoms with Crippen LogP contribution in [0.15, 0.2) is 0 Å². The highest BCUT2D eigenvalue weighted by Crippen LogP contribution is 2.16. The number of hydrogen-bond donors (Lipinski definition) is 1. The number of ether oxygens (including phenoxy) is 2. The minimum atomic E-state index is -0.545. The average Bonchev–Trinajstić information content (AvgIpc) is 2.24. The van der Waals surface area contributed by atoms with Gasteiger partial charge in [0.1, 0.15) is 6.10 Å². The van der Waals surface area contributed by atoms with Crippen molar-refractivity contribution in [2.75, 3.05) is 13.2 Å². The van der Waals surface area contributed by atoms with E-state index in [2.05, 4.69) is 13.8 Å². The van der Waals surface area contributed by atoms with Crippen molar-refractivity contribution in [3.05, 3.63) is 0 Å². The Morgan fingerprint density at radius 2 is 1.19 bits per heavy atom. The molecule has 0 rings (SSSR count). The number of aliphatic hydroxyl groups excluding tert-OH is 1. The third-order valence-corrected chi connectivity index (χ3v) is 3.04. The minimum absolute atomic E-state index is 0.165. The second-order valence-electron chi connectivity index (χ2n) is 5.50. The second kappa shape index (κ2) is 6.58. The smallest absolute Gasteiger partial charge is 0.101 e. The Labute approximate surface area is 100 Å². The molecule has 0 aliphatic rings. The topological polar surface area (TPSA) is 38.7 Å². The minimum Gasteiger partial charge on any atom is -0.388 e. The third kappa shape index (κ3) is 7.20. The van der Waals surface area contributed by atoms with Crippen LogP contribution in [0.2, 0.25) is 0 Å². The lowest BCUT2D eigenvalue weighted by atomic mass is 10.1. The van der Waals surface area contributed by atoms with Crippen LogP contribution >= 0.6 is 0 Å². The zero-order valence-corrected chi connectivity index (χ0v) is 11.7. The van der Waals surface area contributed by atoms with Crippen LogP contribution in [-0.2, 0) is 9.47 Å². The summed E-state index contributed by atoms with van der Waals surface area (Å²) in [5.74, 6) is 0. The summed E-state index contributed by atoms with van der Waals surface area (Å²) < 4.78 is 11.2. The van der Waals surface area contributed by atoms with Crippen LogP contribution in [0.5, 0.6) is 0 Å². The Kier molecular flexibility index (Phi) is 6.53. The van der Waals surface area contributed by atoms with E-state index in [1.54, 1.807) is 0 Å². The van der Waals surface area contributed by atoms with Crippen molar-refractivity contribution in [1.29, 1.82) is 0 Å². The van der Waals surface area contributed by atoms with Crippen LogP contribution in [0.3, 0.4) is 0 Å². The van der Waals surface area contributed by atoms with Gasteiger partial charge in [0.25, 0.3) is 0 Å². The van der Waals surface area contributed by atoms with Crippen molar-refractivity contribution >= 4 is 0 Å². The van der Waals surface area contributed by atoms with E-state index in [1.807, 2.05) is 27.7 Å². The van der Waals surface area contributed by atoms with E-state index in [4.69, 9.17) is 9.47 Å². The van der Waals surface area contributed by atoms with Crippen molar-refractivity contribution in [2.45, 2.75) is 71.7 Å². The van der Waals surface area contributed by atoms with Crippen molar-refractivity contribution < 1.29 is 14.6 Å². The Balaban J connectivity index is 3.79. The molecule has 0 aromatic heterocycles. The van der Waals surface area contributed by atoms with Gasteiger partial charge < -0.3 is 14.6 Å². The van der Waals surface area contributed by atoms with Crippen molar-refractivity contribution in [1.82, 2.24) is 0 Å². The molecule has 0 heterocycles. The van der Waals surface area contributed by atoms with Gasteiger partial charge in [-0.2, -0.15) is 0 Å². The van der Waals surface area contributed by atoms with Crippen molar-refractivity contribution in [3.63, 3.8) is 0 Å². The first-order valence-electron chi connectivity index (χ1n) is 6.18. The van der Waals surface area contributed by atoms with Gasteiger partial charge in [-0.15, -0.1) is 0 Å². The summed E-state index contributed by atoms with van der Waals surface area (Å²) >= 11 is 0. The van der Waals surface area contributed by atoms with Crippen LogP contribution in [-0.4, -0.2) is 35.6 Å². The first kappa shape index (κ1) is 15.9. The lowest BCUT2D eigenvalue weighted by Gasteiger charge is -2.28. The quantitative estimate of drug-likeness (QED) is 0.699. The Bertz CT molecular complexity index is 168. The summed E-state index contributed by atoms with van der Waals surface area (Å²) in [6.45, 7) is 12.9. The molecule has 0 saturated carbocycles. The summed E-state index contributed by atoms with van der Waals surface area (Å²) in [5, 5.41) is 9.72. The largest absolute Gasteiger partial charge is 0.388 e. The van der Waals surface area contributed by atoms with Gasteiger partial charge in [-0.3, -0.25) is 0 Å².